The number of halogens is 1. The smallest absolute Gasteiger partial charge is 0.261 e. The number of thiazole rings is 1. The molecular weight excluding hydrogens is 438 g/mol. The third-order valence-electron chi connectivity index (χ3n) is 3.34. The van der Waals surface area contributed by atoms with Crippen molar-refractivity contribution in [3.05, 3.63) is 69.6 Å². The van der Waals surface area contributed by atoms with Gasteiger partial charge in [-0.15, -0.1) is 11.3 Å². The van der Waals surface area contributed by atoms with Crippen LogP contribution in [0.2, 0.25) is 0 Å². The Morgan fingerprint density at radius 2 is 1.88 bits per heavy atom. The monoisotopic (exact) mass is 451 g/mol. The molecule has 0 aliphatic rings. The lowest BCUT2D eigenvalue weighted by molar-refractivity contribution is 0.102. The van der Waals surface area contributed by atoms with Crippen molar-refractivity contribution >= 4 is 54.0 Å². The molecule has 0 fully saturated rings. The summed E-state index contributed by atoms with van der Waals surface area (Å²) in [6.07, 6.45) is 1.67. The average molecular weight is 452 g/mol. The molecule has 9 heteroatoms. The minimum absolute atomic E-state index is 0.133. The zero-order valence-corrected chi connectivity index (χ0v) is 16.8. The second kappa shape index (κ2) is 7.56. The van der Waals surface area contributed by atoms with Gasteiger partial charge in [0.15, 0.2) is 5.13 Å². The number of aryl methyl sites for hydroxylation is 1. The molecule has 3 aromatic rings. The maximum absolute atomic E-state index is 12.5. The molecule has 0 aliphatic heterocycles. The summed E-state index contributed by atoms with van der Waals surface area (Å²) in [6, 6.07) is 12.6. The maximum atomic E-state index is 12.5. The van der Waals surface area contributed by atoms with Gasteiger partial charge in [-0.25, -0.2) is 13.4 Å². The SMILES string of the molecule is Cc1cnc(NC(=O)c2cccc(NS(=O)(=O)c3ccc(Br)cc3)c2)s1. The molecule has 0 unspecified atom stereocenters. The van der Waals surface area contributed by atoms with E-state index in [0.717, 1.165) is 9.35 Å². The van der Waals surface area contributed by atoms with Crippen molar-refractivity contribution in [1.29, 1.82) is 0 Å². The number of anilines is 2. The Labute approximate surface area is 163 Å². The third-order valence-corrected chi connectivity index (χ3v) is 6.10. The van der Waals surface area contributed by atoms with E-state index in [0.29, 0.717) is 16.4 Å². The summed E-state index contributed by atoms with van der Waals surface area (Å²) in [5.41, 5.74) is 0.629. The van der Waals surface area contributed by atoms with Crippen LogP contribution in [0, 0.1) is 6.92 Å². The molecule has 0 saturated carbocycles. The Kier molecular flexibility index (Phi) is 5.40. The van der Waals surface area contributed by atoms with Crippen molar-refractivity contribution in [2.45, 2.75) is 11.8 Å². The largest absolute Gasteiger partial charge is 0.298 e. The van der Waals surface area contributed by atoms with E-state index >= 15 is 0 Å². The Hall–Kier alpha value is -2.23. The van der Waals surface area contributed by atoms with Gasteiger partial charge in [0.2, 0.25) is 0 Å². The second-order valence-electron chi connectivity index (χ2n) is 5.37. The Morgan fingerprint density at radius 1 is 1.15 bits per heavy atom. The lowest BCUT2D eigenvalue weighted by atomic mass is 10.2. The van der Waals surface area contributed by atoms with Crippen molar-refractivity contribution in [1.82, 2.24) is 4.98 Å². The molecule has 0 saturated heterocycles. The summed E-state index contributed by atoms with van der Waals surface area (Å²) in [4.78, 5) is 17.5. The summed E-state index contributed by atoms with van der Waals surface area (Å²) in [5, 5.41) is 3.19. The summed E-state index contributed by atoms with van der Waals surface area (Å²) in [5.74, 6) is -0.357. The number of nitrogens with one attached hydrogen (secondary N) is 2. The lowest BCUT2D eigenvalue weighted by Gasteiger charge is -2.09. The summed E-state index contributed by atoms with van der Waals surface area (Å²) in [6.45, 7) is 1.89. The average Bonchev–Trinajstić information content (AvgIpc) is 3.00. The lowest BCUT2D eigenvalue weighted by Crippen LogP contribution is -2.15. The first-order valence-electron chi connectivity index (χ1n) is 7.46. The van der Waals surface area contributed by atoms with E-state index in [9.17, 15) is 13.2 Å². The first-order valence-corrected chi connectivity index (χ1v) is 10.5. The summed E-state index contributed by atoms with van der Waals surface area (Å²) in [7, 11) is -3.74. The minimum Gasteiger partial charge on any atom is -0.298 e. The van der Waals surface area contributed by atoms with Crippen LogP contribution in [0.5, 0.6) is 0 Å². The maximum Gasteiger partial charge on any atom is 0.261 e. The quantitative estimate of drug-likeness (QED) is 0.606. The van der Waals surface area contributed by atoms with Crippen molar-refractivity contribution in [2.24, 2.45) is 0 Å². The predicted octanol–water partition coefficient (Wildman–Crippen LogP) is 4.27. The molecule has 3 rings (SSSR count). The number of amides is 1. The van der Waals surface area contributed by atoms with Gasteiger partial charge < -0.3 is 0 Å². The molecule has 0 bridgehead atoms. The van der Waals surface area contributed by atoms with Gasteiger partial charge in [0.05, 0.1) is 4.90 Å². The standard InChI is InChI=1S/C17H14BrN3O3S2/c1-11-10-19-17(25-11)20-16(22)12-3-2-4-14(9-12)21-26(23,24)15-7-5-13(18)6-8-15/h2-10,21H,1H3,(H,19,20,22). The highest BCUT2D eigenvalue weighted by molar-refractivity contribution is 9.10. The van der Waals surface area contributed by atoms with Gasteiger partial charge >= 0.3 is 0 Å². The topological polar surface area (TPSA) is 88.2 Å². The highest BCUT2D eigenvalue weighted by Crippen LogP contribution is 2.21. The molecule has 1 amide bonds. The molecule has 0 radical (unpaired) electrons. The van der Waals surface area contributed by atoms with E-state index in [4.69, 9.17) is 0 Å². The fraction of sp³-hybridized carbons (Fsp3) is 0.0588. The molecule has 0 aliphatic carbocycles. The highest BCUT2D eigenvalue weighted by atomic mass is 79.9. The molecule has 2 aromatic carbocycles. The number of carbonyl (C=O) groups is 1. The normalized spacial score (nSPS) is 11.2. The molecule has 26 heavy (non-hydrogen) atoms. The number of sulfonamides is 1. The van der Waals surface area contributed by atoms with Gasteiger partial charge in [-0.3, -0.25) is 14.8 Å². The van der Waals surface area contributed by atoms with E-state index in [1.807, 2.05) is 6.92 Å². The van der Waals surface area contributed by atoms with E-state index in [1.54, 1.807) is 36.5 Å². The van der Waals surface area contributed by atoms with Crippen LogP contribution in [0.1, 0.15) is 15.2 Å². The van der Waals surface area contributed by atoms with Crippen molar-refractivity contribution in [3.63, 3.8) is 0 Å². The zero-order valence-electron chi connectivity index (χ0n) is 13.6. The number of carbonyl (C=O) groups excluding carboxylic acids is 1. The van der Waals surface area contributed by atoms with Crippen molar-refractivity contribution < 1.29 is 13.2 Å². The Bertz CT molecular complexity index is 1050. The number of hydrogen-bond donors (Lipinski definition) is 2. The first-order chi connectivity index (χ1) is 12.3. The number of benzene rings is 2. The van der Waals surface area contributed by atoms with E-state index in [-0.39, 0.29) is 10.8 Å². The second-order valence-corrected chi connectivity index (χ2v) is 9.20. The first kappa shape index (κ1) is 18.6. The van der Waals surface area contributed by atoms with E-state index in [1.165, 1.54) is 29.5 Å². The zero-order chi connectivity index (χ0) is 18.7. The number of hydrogen-bond acceptors (Lipinski definition) is 5. The number of rotatable bonds is 5. The van der Waals surface area contributed by atoms with Crippen LogP contribution < -0.4 is 10.0 Å². The summed E-state index contributed by atoms with van der Waals surface area (Å²) < 4.78 is 28.2. The molecule has 0 atom stereocenters. The van der Waals surface area contributed by atoms with Crippen molar-refractivity contribution in [3.8, 4) is 0 Å². The van der Waals surface area contributed by atoms with Crippen LogP contribution in [0.3, 0.4) is 0 Å². The fourth-order valence-corrected chi connectivity index (χ4v) is 4.11. The summed E-state index contributed by atoms with van der Waals surface area (Å²) >= 11 is 4.63. The molecule has 0 spiro atoms. The molecular formula is C17H14BrN3O3S2. The van der Waals surface area contributed by atoms with Gasteiger partial charge in [0.25, 0.3) is 15.9 Å². The van der Waals surface area contributed by atoms with Crippen LogP contribution >= 0.6 is 27.3 Å². The number of nitrogens with zero attached hydrogens (tertiary/aromatic N) is 1. The molecule has 6 nitrogen and oxygen atoms in total. The molecule has 2 N–H and O–H groups in total. The van der Waals surface area contributed by atoms with E-state index < -0.39 is 10.0 Å². The van der Waals surface area contributed by atoms with Gasteiger partial charge in [0.1, 0.15) is 0 Å². The van der Waals surface area contributed by atoms with Crippen LogP contribution in [0.4, 0.5) is 10.8 Å². The van der Waals surface area contributed by atoms with Gasteiger partial charge in [-0.1, -0.05) is 22.0 Å². The predicted molar refractivity (Wildman–Crippen MR) is 106 cm³/mol. The van der Waals surface area contributed by atoms with Crippen LogP contribution in [-0.2, 0) is 10.0 Å². The fourth-order valence-electron chi connectivity index (χ4n) is 2.13. The van der Waals surface area contributed by atoms with Gasteiger partial charge in [-0.05, 0) is 49.4 Å². The van der Waals surface area contributed by atoms with Crippen LogP contribution in [0.15, 0.2) is 64.1 Å². The Balaban J connectivity index is 1.78. The molecule has 1 aromatic heterocycles. The third kappa shape index (κ3) is 4.48. The number of aromatic nitrogens is 1. The minimum atomic E-state index is -3.74. The Morgan fingerprint density at radius 3 is 2.54 bits per heavy atom. The van der Waals surface area contributed by atoms with E-state index in [2.05, 4.69) is 31.0 Å². The van der Waals surface area contributed by atoms with Gasteiger partial charge in [0, 0.05) is 26.8 Å². The van der Waals surface area contributed by atoms with Gasteiger partial charge in [-0.2, -0.15) is 0 Å². The molecule has 1 heterocycles. The molecule has 134 valence electrons. The highest BCUT2D eigenvalue weighted by Gasteiger charge is 2.15. The van der Waals surface area contributed by atoms with Crippen molar-refractivity contribution in [2.75, 3.05) is 10.0 Å². The van der Waals surface area contributed by atoms with Crippen LogP contribution in [0.25, 0.3) is 0 Å². The van der Waals surface area contributed by atoms with Crippen LogP contribution in [-0.4, -0.2) is 19.3 Å².